The van der Waals surface area contributed by atoms with Gasteiger partial charge in [-0.25, -0.2) is 4.98 Å². The molecule has 0 N–H and O–H groups in total. The summed E-state index contributed by atoms with van der Waals surface area (Å²) in [6.07, 6.45) is 12.5. The molecule has 0 unspecified atom stereocenters. The molecule has 10 aromatic carbocycles. The molecule has 1 heterocycles. The highest BCUT2D eigenvalue weighted by molar-refractivity contribution is 6.23. The van der Waals surface area contributed by atoms with Crippen LogP contribution < -0.4 is 0 Å². The lowest BCUT2D eigenvalue weighted by atomic mass is 9.70. The highest BCUT2D eigenvalue weighted by Gasteiger charge is 2.42. The van der Waals surface area contributed by atoms with Gasteiger partial charge in [0.05, 0.1) is 11.2 Å². The third-order valence-corrected chi connectivity index (χ3v) is 15.9. The number of unbranched alkanes of at least 4 members (excludes halogenated alkanes) is 6. The maximum Gasteiger partial charge on any atom is 0.0794 e. The Morgan fingerprint density at radius 3 is 1.54 bits per heavy atom. The summed E-state index contributed by atoms with van der Waals surface area (Å²) in [6, 6.07) is 79.4. The Bertz CT molecular complexity index is 3650. The fourth-order valence-corrected chi connectivity index (χ4v) is 12.5. The van der Waals surface area contributed by atoms with Gasteiger partial charge in [0.1, 0.15) is 0 Å². The molecule has 0 aliphatic heterocycles. The van der Waals surface area contributed by atoms with Crippen LogP contribution in [-0.2, 0) is 5.41 Å². The van der Waals surface area contributed by atoms with Crippen LogP contribution in [0, 0.1) is 0 Å². The molecule has 346 valence electrons. The first-order valence-electron chi connectivity index (χ1n) is 26.4. The molecule has 1 aliphatic rings. The smallest absolute Gasteiger partial charge is 0.0794 e. The van der Waals surface area contributed by atoms with E-state index in [4.69, 9.17) is 4.98 Å². The van der Waals surface area contributed by atoms with Gasteiger partial charge >= 0.3 is 0 Å². The first-order valence-corrected chi connectivity index (χ1v) is 26.4. The predicted molar refractivity (Wildman–Crippen MR) is 305 cm³/mol. The van der Waals surface area contributed by atoms with E-state index in [0.717, 1.165) is 27.7 Å². The van der Waals surface area contributed by atoms with E-state index in [1.54, 1.807) is 0 Å². The van der Waals surface area contributed by atoms with E-state index in [0.29, 0.717) is 0 Å². The maximum atomic E-state index is 5.73. The fourth-order valence-electron chi connectivity index (χ4n) is 12.5. The lowest BCUT2D eigenvalue weighted by Gasteiger charge is -2.33. The second kappa shape index (κ2) is 19.3. The Balaban J connectivity index is 0.998. The molecule has 0 amide bonds. The molecule has 0 fully saturated rings. The second-order valence-electron chi connectivity index (χ2n) is 20.1. The van der Waals surface area contributed by atoms with Crippen molar-refractivity contribution in [2.24, 2.45) is 0 Å². The Kier molecular flexibility index (Phi) is 12.1. The normalized spacial score (nSPS) is 12.8. The number of fused-ring (bicyclic) bond motifs is 7. The Morgan fingerprint density at radius 2 is 0.831 bits per heavy atom. The zero-order valence-electron chi connectivity index (χ0n) is 41.2. The third kappa shape index (κ3) is 7.93. The first kappa shape index (κ1) is 44.6. The molecule has 0 bridgehead atoms. The van der Waals surface area contributed by atoms with Crippen LogP contribution in [0.5, 0.6) is 0 Å². The van der Waals surface area contributed by atoms with Crippen LogP contribution in [0.15, 0.2) is 212 Å². The molecular formula is C70H61N. The molecule has 1 heteroatoms. The largest absolute Gasteiger partial charge is 0.247 e. The van der Waals surface area contributed by atoms with Gasteiger partial charge in [-0.3, -0.25) is 0 Å². The highest BCUT2D eigenvalue weighted by Crippen LogP contribution is 2.55. The minimum absolute atomic E-state index is 0.00231. The number of aromatic nitrogens is 1. The highest BCUT2D eigenvalue weighted by atomic mass is 14.7. The molecule has 1 aromatic heterocycles. The van der Waals surface area contributed by atoms with E-state index in [-0.39, 0.29) is 5.41 Å². The van der Waals surface area contributed by atoms with E-state index >= 15 is 0 Å². The van der Waals surface area contributed by atoms with Gasteiger partial charge < -0.3 is 0 Å². The Hall–Kier alpha value is -7.61. The standard InChI is InChI=1S/C70H61N/c1-3-5-7-20-44-70(45-21-8-6-4-2)64-37-19-18-29-55(64)56-43-42-52(46-65(56)70)66-47-63(49-24-10-9-11-25-49)62-36-23-34-54(69(62)71-66)50-38-40-51(41-39-50)67-58-30-14-16-32-60(58)68(61-33-17-15-31-59(61)67)57-35-22-27-48-26-12-13-28-53(48)57/h9-19,22-43,46-47H,3-8,20-21,44-45H2,1-2H3. The van der Waals surface area contributed by atoms with Gasteiger partial charge in [-0.2, -0.15) is 0 Å². The summed E-state index contributed by atoms with van der Waals surface area (Å²) < 4.78 is 0. The van der Waals surface area contributed by atoms with Crippen LogP contribution in [0.2, 0.25) is 0 Å². The average molecular weight is 916 g/mol. The Morgan fingerprint density at radius 1 is 0.324 bits per heavy atom. The molecule has 0 radical (unpaired) electrons. The van der Waals surface area contributed by atoms with Crippen molar-refractivity contribution in [1.82, 2.24) is 4.98 Å². The molecule has 71 heavy (non-hydrogen) atoms. The van der Waals surface area contributed by atoms with Gasteiger partial charge in [-0.1, -0.05) is 265 Å². The van der Waals surface area contributed by atoms with E-state index in [1.807, 2.05) is 0 Å². The molecule has 0 saturated carbocycles. The summed E-state index contributed by atoms with van der Waals surface area (Å²) in [5.41, 5.74) is 18.8. The SMILES string of the molecule is CCCCCCC1(CCCCCC)c2ccccc2-c2ccc(-c3cc(-c4ccccc4)c4cccc(-c5ccc(-c6c7ccccc7c(-c7cccc8ccccc78)c7ccccc67)cc5)c4n3)cc21. The van der Waals surface area contributed by atoms with Crippen molar-refractivity contribution >= 4 is 43.2 Å². The summed E-state index contributed by atoms with van der Waals surface area (Å²) >= 11 is 0. The number of hydrogen-bond donors (Lipinski definition) is 0. The van der Waals surface area contributed by atoms with Crippen molar-refractivity contribution < 1.29 is 0 Å². The van der Waals surface area contributed by atoms with E-state index < -0.39 is 0 Å². The van der Waals surface area contributed by atoms with Crippen molar-refractivity contribution in [1.29, 1.82) is 0 Å². The van der Waals surface area contributed by atoms with Crippen molar-refractivity contribution in [3.05, 3.63) is 223 Å². The number of rotatable bonds is 15. The number of pyridine rings is 1. The summed E-state index contributed by atoms with van der Waals surface area (Å²) in [4.78, 5) is 5.73. The van der Waals surface area contributed by atoms with Gasteiger partial charge in [-0.15, -0.1) is 0 Å². The fraction of sp³-hybridized carbons (Fsp3) is 0.186. The van der Waals surface area contributed by atoms with Crippen LogP contribution >= 0.6 is 0 Å². The zero-order valence-corrected chi connectivity index (χ0v) is 41.2. The maximum absolute atomic E-state index is 5.73. The number of para-hydroxylation sites is 1. The lowest BCUT2D eigenvalue weighted by molar-refractivity contribution is 0.401. The summed E-state index contributed by atoms with van der Waals surface area (Å²) in [5.74, 6) is 0. The van der Waals surface area contributed by atoms with Crippen LogP contribution in [0.25, 0.3) is 110 Å². The van der Waals surface area contributed by atoms with Gasteiger partial charge in [0.2, 0.25) is 0 Å². The van der Waals surface area contributed by atoms with Crippen LogP contribution in [0.1, 0.15) is 89.2 Å². The number of nitrogens with zero attached hydrogens (tertiary/aromatic N) is 1. The van der Waals surface area contributed by atoms with Gasteiger partial charge in [0, 0.05) is 21.9 Å². The van der Waals surface area contributed by atoms with E-state index in [2.05, 4.69) is 226 Å². The summed E-state index contributed by atoms with van der Waals surface area (Å²) in [5, 5.41) is 8.74. The van der Waals surface area contributed by atoms with Crippen molar-refractivity contribution in [3.63, 3.8) is 0 Å². The van der Waals surface area contributed by atoms with Gasteiger partial charge in [-0.05, 0) is 118 Å². The summed E-state index contributed by atoms with van der Waals surface area (Å²) in [6.45, 7) is 4.65. The molecule has 1 nitrogen and oxygen atoms in total. The van der Waals surface area contributed by atoms with E-state index in [9.17, 15) is 0 Å². The minimum Gasteiger partial charge on any atom is -0.247 e. The predicted octanol–water partition coefficient (Wildman–Crippen LogP) is 20.2. The molecular weight excluding hydrogens is 855 g/mol. The number of hydrogen-bond acceptors (Lipinski definition) is 1. The molecule has 0 saturated heterocycles. The summed E-state index contributed by atoms with van der Waals surface area (Å²) in [7, 11) is 0. The Labute approximate surface area is 419 Å². The van der Waals surface area contributed by atoms with Crippen LogP contribution in [0.3, 0.4) is 0 Å². The molecule has 12 rings (SSSR count). The van der Waals surface area contributed by atoms with Gasteiger partial charge in [0.15, 0.2) is 0 Å². The molecule has 0 spiro atoms. The molecule has 0 atom stereocenters. The quantitative estimate of drug-likeness (QED) is 0.0738. The minimum atomic E-state index is 0.00231. The van der Waals surface area contributed by atoms with Crippen molar-refractivity contribution in [3.8, 4) is 66.9 Å². The second-order valence-corrected chi connectivity index (χ2v) is 20.1. The first-order chi connectivity index (χ1) is 35.1. The zero-order chi connectivity index (χ0) is 47.7. The third-order valence-electron chi connectivity index (χ3n) is 15.9. The van der Waals surface area contributed by atoms with Crippen LogP contribution in [0.4, 0.5) is 0 Å². The van der Waals surface area contributed by atoms with Gasteiger partial charge in [0.25, 0.3) is 0 Å². The average Bonchev–Trinajstić information content (AvgIpc) is 3.70. The van der Waals surface area contributed by atoms with Crippen LogP contribution in [-0.4, -0.2) is 4.98 Å². The van der Waals surface area contributed by atoms with Crippen molar-refractivity contribution in [2.45, 2.75) is 83.5 Å². The molecule has 1 aliphatic carbocycles. The number of benzene rings is 10. The monoisotopic (exact) mass is 915 g/mol. The topological polar surface area (TPSA) is 12.9 Å². The van der Waals surface area contributed by atoms with Crippen molar-refractivity contribution in [2.75, 3.05) is 0 Å². The lowest BCUT2D eigenvalue weighted by Crippen LogP contribution is -2.25. The van der Waals surface area contributed by atoms with E-state index in [1.165, 1.54) is 158 Å². The molecule has 11 aromatic rings.